The standard InChI is InChI=1S/C12H20N4O/c1-3-16(10-5-4-6-13-7-10)11-8-14-9-12(15-11)17-2/h8-10,13H,3-7H2,1-2H3. The van der Waals surface area contributed by atoms with Crippen LogP contribution in [0.3, 0.4) is 0 Å². The van der Waals surface area contributed by atoms with Crippen LogP contribution in [0.5, 0.6) is 5.88 Å². The highest BCUT2D eigenvalue weighted by atomic mass is 16.5. The number of ether oxygens (including phenoxy) is 1. The second kappa shape index (κ2) is 5.82. The number of likely N-dealkylation sites (N-methyl/N-ethyl adjacent to an activating group) is 1. The fraction of sp³-hybridized carbons (Fsp3) is 0.667. The van der Waals surface area contributed by atoms with Crippen molar-refractivity contribution in [3.05, 3.63) is 12.4 Å². The Balaban J connectivity index is 2.15. The van der Waals surface area contributed by atoms with Crippen molar-refractivity contribution in [3.8, 4) is 5.88 Å². The maximum absolute atomic E-state index is 5.12. The first kappa shape index (κ1) is 12.1. The fourth-order valence-corrected chi connectivity index (χ4v) is 2.28. The maximum Gasteiger partial charge on any atom is 0.233 e. The molecule has 0 amide bonds. The van der Waals surface area contributed by atoms with Gasteiger partial charge in [0.05, 0.1) is 19.5 Å². The molecule has 0 aromatic carbocycles. The molecule has 94 valence electrons. The van der Waals surface area contributed by atoms with Crippen LogP contribution >= 0.6 is 0 Å². The Morgan fingerprint density at radius 3 is 3.06 bits per heavy atom. The van der Waals surface area contributed by atoms with E-state index in [0.29, 0.717) is 11.9 Å². The Labute approximate surface area is 102 Å². The first-order valence-electron chi connectivity index (χ1n) is 6.18. The van der Waals surface area contributed by atoms with Gasteiger partial charge in [-0.25, -0.2) is 0 Å². The summed E-state index contributed by atoms with van der Waals surface area (Å²) >= 11 is 0. The lowest BCUT2D eigenvalue weighted by atomic mass is 10.1. The number of piperidine rings is 1. The zero-order valence-electron chi connectivity index (χ0n) is 10.5. The second-order valence-electron chi connectivity index (χ2n) is 4.21. The Morgan fingerprint density at radius 1 is 1.53 bits per heavy atom. The minimum absolute atomic E-state index is 0.509. The van der Waals surface area contributed by atoms with E-state index < -0.39 is 0 Å². The largest absolute Gasteiger partial charge is 0.480 e. The molecule has 1 unspecified atom stereocenters. The normalized spacial score (nSPS) is 20.0. The topological polar surface area (TPSA) is 50.3 Å². The number of nitrogens with one attached hydrogen (secondary N) is 1. The summed E-state index contributed by atoms with van der Waals surface area (Å²) in [5.74, 6) is 1.48. The summed E-state index contributed by atoms with van der Waals surface area (Å²) in [4.78, 5) is 10.9. The van der Waals surface area contributed by atoms with E-state index in [-0.39, 0.29) is 0 Å². The van der Waals surface area contributed by atoms with E-state index in [1.165, 1.54) is 12.8 Å². The molecule has 2 heterocycles. The minimum atomic E-state index is 0.509. The molecule has 5 heteroatoms. The molecule has 0 spiro atoms. The van der Waals surface area contributed by atoms with E-state index in [2.05, 4.69) is 27.1 Å². The molecule has 17 heavy (non-hydrogen) atoms. The van der Waals surface area contributed by atoms with Gasteiger partial charge >= 0.3 is 0 Å². The molecule has 0 saturated carbocycles. The smallest absolute Gasteiger partial charge is 0.233 e. The van der Waals surface area contributed by atoms with Crippen molar-refractivity contribution in [2.24, 2.45) is 0 Å². The lowest BCUT2D eigenvalue weighted by Crippen LogP contribution is -2.46. The average molecular weight is 236 g/mol. The average Bonchev–Trinajstić information content (AvgIpc) is 2.41. The van der Waals surface area contributed by atoms with Gasteiger partial charge in [-0.15, -0.1) is 0 Å². The number of hydrogen-bond donors (Lipinski definition) is 1. The van der Waals surface area contributed by atoms with E-state index in [1.807, 2.05) is 0 Å². The van der Waals surface area contributed by atoms with E-state index in [9.17, 15) is 0 Å². The third-order valence-electron chi connectivity index (χ3n) is 3.16. The molecule has 1 atom stereocenters. The van der Waals surface area contributed by atoms with Gasteiger partial charge in [0.15, 0.2) is 5.82 Å². The molecule has 2 rings (SSSR count). The minimum Gasteiger partial charge on any atom is -0.480 e. The van der Waals surface area contributed by atoms with Crippen LogP contribution in [-0.2, 0) is 0 Å². The van der Waals surface area contributed by atoms with Gasteiger partial charge in [0.2, 0.25) is 5.88 Å². The monoisotopic (exact) mass is 236 g/mol. The predicted molar refractivity (Wildman–Crippen MR) is 67.5 cm³/mol. The van der Waals surface area contributed by atoms with Crippen LogP contribution in [0.1, 0.15) is 19.8 Å². The highest BCUT2D eigenvalue weighted by molar-refractivity contribution is 5.39. The molecule has 1 aliphatic heterocycles. The van der Waals surface area contributed by atoms with Gasteiger partial charge < -0.3 is 15.0 Å². The first-order valence-corrected chi connectivity index (χ1v) is 6.18. The summed E-state index contributed by atoms with van der Waals surface area (Å²) in [6.45, 7) is 5.23. The van der Waals surface area contributed by atoms with E-state index >= 15 is 0 Å². The molecule has 1 fully saturated rings. The van der Waals surface area contributed by atoms with E-state index in [4.69, 9.17) is 4.74 Å². The molecule has 1 aliphatic rings. The molecule has 1 saturated heterocycles. The molecule has 1 N–H and O–H groups in total. The maximum atomic E-state index is 5.12. The van der Waals surface area contributed by atoms with Crippen molar-refractivity contribution in [2.75, 3.05) is 31.6 Å². The quantitative estimate of drug-likeness (QED) is 0.847. The van der Waals surface area contributed by atoms with Crippen molar-refractivity contribution in [1.82, 2.24) is 15.3 Å². The molecular formula is C12H20N4O. The lowest BCUT2D eigenvalue weighted by molar-refractivity contribution is 0.392. The number of nitrogens with zero attached hydrogens (tertiary/aromatic N) is 3. The third-order valence-corrected chi connectivity index (χ3v) is 3.16. The van der Waals surface area contributed by atoms with Gasteiger partial charge in [0, 0.05) is 19.1 Å². The fourth-order valence-electron chi connectivity index (χ4n) is 2.28. The van der Waals surface area contributed by atoms with Crippen molar-refractivity contribution in [3.63, 3.8) is 0 Å². The van der Waals surface area contributed by atoms with Crippen LogP contribution in [0.2, 0.25) is 0 Å². The molecule has 0 aliphatic carbocycles. The number of rotatable bonds is 4. The Kier molecular flexibility index (Phi) is 4.14. The van der Waals surface area contributed by atoms with Crippen molar-refractivity contribution in [1.29, 1.82) is 0 Å². The third kappa shape index (κ3) is 2.85. The zero-order valence-corrected chi connectivity index (χ0v) is 10.5. The Morgan fingerprint density at radius 2 is 2.41 bits per heavy atom. The van der Waals surface area contributed by atoms with Crippen LogP contribution in [0, 0.1) is 0 Å². The van der Waals surface area contributed by atoms with Gasteiger partial charge in [-0.3, -0.25) is 4.98 Å². The van der Waals surface area contributed by atoms with Crippen LogP contribution in [0.25, 0.3) is 0 Å². The summed E-state index contributed by atoms with van der Waals surface area (Å²) in [7, 11) is 1.62. The van der Waals surface area contributed by atoms with Crippen molar-refractivity contribution >= 4 is 5.82 Å². The molecule has 5 nitrogen and oxygen atoms in total. The van der Waals surface area contributed by atoms with Gasteiger partial charge in [0.1, 0.15) is 0 Å². The Hall–Kier alpha value is -1.36. The SMILES string of the molecule is CCN(c1cncc(OC)n1)C1CCCNC1. The zero-order chi connectivity index (χ0) is 12.1. The summed E-state index contributed by atoms with van der Waals surface area (Å²) in [6, 6.07) is 0.509. The van der Waals surface area contributed by atoms with Crippen LogP contribution < -0.4 is 15.0 Å². The number of aromatic nitrogens is 2. The van der Waals surface area contributed by atoms with Gasteiger partial charge in [-0.05, 0) is 26.3 Å². The van der Waals surface area contributed by atoms with E-state index in [0.717, 1.165) is 25.5 Å². The predicted octanol–water partition coefficient (Wildman–Crippen LogP) is 1.06. The molecular weight excluding hydrogens is 216 g/mol. The number of hydrogen-bond acceptors (Lipinski definition) is 5. The molecule has 0 bridgehead atoms. The summed E-state index contributed by atoms with van der Waals surface area (Å²) < 4.78 is 5.12. The summed E-state index contributed by atoms with van der Waals surface area (Å²) in [5.41, 5.74) is 0. The first-order chi connectivity index (χ1) is 8.35. The van der Waals surface area contributed by atoms with Crippen molar-refractivity contribution < 1.29 is 4.74 Å². The van der Waals surface area contributed by atoms with Crippen LogP contribution in [-0.4, -0.2) is 42.8 Å². The van der Waals surface area contributed by atoms with E-state index in [1.54, 1.807) is 19.5 Å². The highest BCUT2D eigenvalue weighted by Crippen LogP contribution is 2.19. The summed E-state index contributed by atoms with van der Waals surface area (Å²) in [6.07, 6.45) is 5.87. The van der Waals surface area contributed by atoms with Crippen molar-refractivity contribution in [2.45, 2.75) is 25.8 Å². The lowest BCUT2D eigenvalue weighted by Gasteiger charge is -2.34. The number of anilines is 1. The molecule has 1 aromatic heterocycles. The van der Waals surface area contributed by atoms with Crippen LogP contribution in [0.4, 0.5) is 5.82 Å². The van der Waals surface area contributed by atoms with Gasteiger partial charge in [-0.2, -0.15) is 4.98 Å². The highest BCUT2D eigenvalue weighted by Gasteiger charge is 2.21. The number of methoxy groups -OCH3 is 1. The Bertz CT molecular complexity index is 352. The second-order valence-corrected chi connectivity index (χ2v) is 4.21. The molecule has 1 aromatic rings. The summed E-state index contributed by atoms with van der Waals surface area (Å²) in [5, 5.41) is 3.43. The molecule has 0 radical (unpaired) electrons. The van der Waals surface area contributed by atoms with Gasteiger partial charge in [0.25, 0.3) is 0 Å². The van der Waals surface area contributed by atoms with Crippen LogP contribution in [0.15, 0.2) is 12.4 Å². The van der Waals surface area contributed by atoms with Gasteiger partial charge in [-0.1, -0.05) is 0 Å².